The molecule has 0 aliphatic heterocycles. The van der Waals surface area contributed by atoms with Crippen LogP contribution in [0.25, 0.3) is 0 Å². The fraction of sp³-hybridized carbons (Fsp3) is 0.667. The number of nitrogens with one attached hydrogen (secondary N) is 1. The second-order valence-corrected chi connectivity index (χ2v) is 6.27. The van der Waals surface area contributed by atoms with Crippen LogP contribution < -0.4 is 16.0 Å². The molecule has 2 rings (SSSR count). The standard InChI is InChI=1S/C18H30N2O/c1-3-11-21-17-10-6-9-16(13-17)18(20-19)15-8-5-7-14(4-2)12-15/h6,9-10,13-15,18,20H,3-5,7-8,11-12,19H2,1-2H3. The average molecular weight is 290 g/mol. The summed E-state index contributed by atoms with van der Waals surface area (Å²) in [6.45, 7) is 5.20. The molecule has 0 bridgehead atoms. The zero-order valence-electron chi connectivity index (χ0n) is 13.5. The van der Waals surface area contributed by atoms with Crippen LogP contribution >= 0.6 is 0 Å². The lowest BCUT2D eigenvalue weighted by Crippen LogP contribution is -2.35. The Kier molecular flexibility index (Phi) is 6.52. The van der Waals surface area contributed by atoms with Gasteiger partial charge in [0.15, 0.2) is 0 Å². The molecule has 1 aromatic carbocycles. The average Bonchev–Trinajstić information content (AvgIpc) is 2.54. The summed E-state index contributed by atoms with van der Waals surface area (Å²) >= 11 is 0. The van der Waals surface area contributed by atoms with Gasteiger partial charge in [0.25, 0.3) is 0 Å². The summed E-state index contributed by atoms with van der Waals surface area (Å²) in [5.41, 5.74) is 4.32. The second kappa shape index (κ2) is 8.40. The Bertz CT molecular complexity index is 421. The van der Waals surface area contributed by atoms with Crippen molar-refractivity contribution < 1.29 is 4.74 Å². The molecule has 0 saturated heterocycles. The van der Waals surface area contributed by atoms with Crippen molar-refractivity contribution in [1.29, 1.82) is 0 Å². The van der Waals surface area contributed by atoms with E-state index in [1.54, 1.807) is 0 Å². The molecule has 118 valence electrons. The number of hydrogen-bond donors (Lipinski definition) is 2. The van der Waals surface area contributed by atoms with E-state index in [9.17, 15) is 0 Å². The smallest absolute Gasteiger partial charge is 0.119 e. The molecular weight excluding hydrogens is 260 g/mol. The number of hydrogen-bond acceptors (Lipinski definition) is 3. The third kappa shape index (κ3) is 4.45. The van der Waals surface area contributed by atoms with Crippen LogP contribution in [-0.2, 0) is 0 Å². The number of ether oxygens (including phenoxy) is 1. The minimum Gasteiger partial charge on any atom is -0.494 e. The van der Waals surface area contributed by atoms with Crippen molar-refractivity contribution in [2.45, 2.75) is 58.4 Å². The maximum absolute atomic E-state index is 5.88. The molecule has 1 aliphatic carbocycles. The highest BCUT2D eigenvalue weighted by Gasteiger charge is 2.28. The molecule has 0 heterocycles. The first-order valence-corrected chi connectivity index (χ1v) is 8.47. The van der Waals surface area contributed by atoms with Crippen LogP contribution in [0.2, 0.25) is 0 Å². The van der Waals surface area contributed by atoms with Gasteiger partial charge in [-0.2, -0.15) is 0 Å². The third-order valence-corrected chi connectivity index (χ3v) is 4.74. The van der Waals surface area contributed by atoms with Gasteiger partial charge in [0.2, 0.25) is 0 Å². The lowest BCUT2D eigenvalue weighted by atomic mass is 9.75. The lowest BCUT2D eigenvalue weighted by Gasteiger charge is -2.34. The Labute approximate surface area is 129 Å². The van der Waals surface area contributed by atoms with Gasteiger partial charge < -0.3 is 4.74 Å². The molecule has 0 radical (unpaired) electrons. The van der Waals surface area contributed by atoms with Crippen LogP contribution in [0.4, 0.5) is 0 Å². The Morgan fingerprint density at radius 1 is 1.33 bits per heavy atom. The predicted octanol–water partition coefficient (Wildman–Crippen LogP) is 4.20. The van der Waals surface area contributed by atoms with Crippen molar-refractivity contribution in [2.75, 3.05) is 6.61 Å². The summed E-state index contributed by atoms with van der Waals surface area (Å²) in [6.07, 6.45) is 7.57. The summed E-state index contributed by atoms with van der Waals surface area (Å²) in [5.74, 6) is 8.33. The Balaban J connectivity index is 2.09. The molecule has 3 nitrogen and oxygen atoms in total. The van der Waals surface area contributed by atoms with E-state index in [2.05, 4.69) is 37.5 Å². The molecule has 0 aromatic heterocycles. The third-order valence-electron chi connectivity index (χ3n) is 4.74. The van der Waals surface area contributed by atoms with Crippen LogP contribution in [0.1, 0.15) is 64.0 Å². The maximum atomic E-state index is 5.88. The molecular formula is C18H30N2O. The Morgan fingerprint density at radius 2 is 2.19 bits per heavy atom. The molecule has 21 heavy (non-hydrogen) atoms. The van der Waals surface area contributed by atoms with Gasteiger partial charge >= 0.3 is 0 Å². The largest absolute Gasteiger partial charge is 0.494 e. The zero-order chi connectivity index (χ0) is 15.1. The van der Waals surface area contributed by atoms with Crippen molar-refractivity contribution in [3.8, 4) is 5.75 Å². The van der Waals surface area contributed by atoms with E-state index in [0.29, 0.717) is 5.92 Å². The number of benzene rings is 1. The highest BCUT2D eigenvalue weighted by Crippen LogP contribution is 2.38. The van der Waals surface area contributed by atoms with Gasteiger partial charge in [-0.25, -0.2) is 0 Å². The maximum Gasteiger partial charge on any atom is 0.119 e. The van der Waals surface area contributed by atoms with E-state index in [1.165, 1.54) is 37.7 Å². The first-order valence-electron chi connectivity index (χ1n) is 8.47. The van der Waals surface area contributed by atoms with Crippen LogP contribution in [0.15, 0.2) is 24.3 Å². The van der Waals surface area contributed by atoms with Gasteiger partial charge in [0.05, 0.1) is 6.61 Å². The lowest BCUT2D eigenvalue weighted by molar-refractivity contribution is 0.209. The van der Waals surface area contributed by atoms with E-state index in [-0.39, 0.29) is 6.04 Å². The van der Waals surface area contributed by atoms with E-state index >= 15 is 0 Å². The minimum absolute atomic E-state index is 0.240. The van der Waals surface area contributed by atoms with Crippen molar-refractivity contribution in [1.82, 2.24) is 5.43 Å². The molecule has 1 aromatic rings. The summed E-state index contributed by atoms with van der Waals surface area (Å²) < 4.78 is 5.75. The van der Waals surface area contributed by atoms with Crippen molar-refractivity contribution >= 4 is 0 Å². The van der Waals surface area contributed by atoms with Crippen LogP contribution in [0.3, 0.4) is 0 Å². The van der Waals surface area contributed by atoms with Gasteiger partial charge in [-0.3, -0.25) is 11.3 Å². The highest BCUT2D eigenvalue weighted by atomic mass is 16.5. The van der Waals surface area contributed by atoms with Crippen molar-refractivity contribution in [3.05, 3.63) is 29.8 Å². The predicted molar refractivity (Wildman–Crippen MR) is 88.0 cm³/mol. The first-order chi connectivity index (χ1) is 10.3. The first kappa shape index (κ1) is 16.3. The molecule has 0 spiro atoms. The van der Waals surface area contributed by atoms with Gasteiger partial charge in [-0.05, 0) is 48.8 Å². The Hall–Kier alpha value is -1.06. The van der Waals surface area contributed by atoms with Crippen LogP contribution in [0.5, 0.6) is 5.75 Å². The van der Waals surface area contributed by atoms with Gasteiger partial charge in [-0.15, -0.1) is 0 Å². The van der Waals surface area contributed by atoms with E-state index in [0.717, 1.165) is 24.7 Å². The number of nitrogens with two attached hydrogens (primary N) is 1. The number of rotatable bonds is 7. The molecule has 3 N–H and O–H groups in total. The highest BCUT2D eigenvalue weighted by molar-refractivity contribution is 5.31. The monoisotopic (exact) mass is 290 g/mol. The SMILES string of the molecule is CCCOc1cccc(C(NN)C2CCCC(CC)C2)c1. The quantitative estimate of drug-likeness (QED) is 0.584. The number of hydrazine groups is 1. The summed E-state index contributed by atoms with van der Waals surface area (Å²) in [7, 11) is 0. The zero-order valence-corrected chi connectivity index (χ0v) is 13.5. The van der Waals surface area contributed by atoms with Gasteiger partial charge in [0, 0.05) is 6.04 Å². The normalized spacial score (nSPS) is 23.8. The molecule has 3 heteroatoms. The second-order valence-electron chi connectivity index (χ2n) is 6.27. The summed E-state index contributed by atoms with van der Waals surface area (Å²) in [5, 5.41) is 0. The topological polar surface area (TPSA) is 47.3 Å². The van der Waals surface area contributed by atoms with E-state index in [4.69, 9.17) is 10.6 Å². The fourth-order valence-corrected chi connectivity index (χ4v) is 3.53. The van der Waals surface area contributed by atoms with Gasteiger partial charge in [-0.1, -0.05) is 45.2 Å². The van der Waals surface area contributed by atoms with Crippen molar-refractivity contribution in [2.24, 2.45) is 17.7 Å². The fourth-order valence-electron chi connectivity index (χ4n) is 3.53. The summed E-state index contributed by atoms with van der Waals surface area (Å²) in [6, 6.07) is 8.66. The molecule has 1 saturated carbocycles. The van der Waals surface area contributed by atoms with Crippen LogP contribution in [0, 0.1) is 11.8 Å². The van der Waals surface area contributed by atoms with E-state index < -0.39 is 0 Å². The molecule has 1 fully saturated rings. The Morgan fingerprint density at radius 3 is 2.90 bits per heavy atom. The van der Waals surface area contributed by atoms with E-state index in [1.807, 2.05) is 6.07 Å². The van der Waals surface area contributed by atoms with Gasteiger partial charge in [0.1, 0.15) is 5.75 Å². The minimum atomic E-state index is 0.240. The molecule has 1 aliphatic rings. The molecule has 3 unspecified atom stereocenters. The van der Waals surface area contributed by atoms with Crippen molar-refractivity contribution in [3.63, 3.8) is 0 Å². The molecule has 0 amide bonds. The molecule has 3 atom stereocenters. The van der Waals surface area contributed by atoms with Crippen LogP contribution in [-0.4, -0.2) is 6.61 Å². The summed E-state index contributed by atoms with van der Waals surface area (Å²) in [4.78, 5) is 0.